The summed E-state index contributed by atoms with van der Waals surface area (Å²) in [5.74, 6) is 0. The molecule has 0 atom stereocenters. The molecule has 13 heteroatoms. The predicted octanol–water partition coefficient (Wildman–Crippen LogP) is -0.920. The Morgan fingerprint density at radius 2 is 1.26 bits per heavy atom. The highest BCUT2D eigenvalue weighted by Gasteiger charge is 2.08. The second-order valence-electron chi connectivity index (χ2n) is 2.82. The Hall–Kier alpha value is -2.70. The SMILES string of the molecule is O=[N+]([O-])OCC(COCC(CO[N+](=O)[O-])=NO)=NO. The van der Waals surface area contributed by atoms with E-state index < -0.39 is 23.4 Å². The van der Waals surface area contributed by atoms with E-state index in [-0.39, 0.29) is 24.6 Å². The molecule has 0 radical (unpaired) electrons. The van der Waals surface area contributed by atoms with Crippen molar-refractivity contribution in [2.75, 3.05) is 26.4 Å². The highest BCUT2D eigenvalue weighted by molar-refractivity contribution is 5.88. The van der Waals surface area contributed by atoms with Gasteiger partial charge in [-0.15, -0.1) is 20.2 Å². The summed E-state index contributed by atoms with van der Waals surface area (Å²) in [4.78, 5) is 27.6. The summed E-state index contributed by atoms with van der Waals surface area (Å²) in [6.45, 7) is -1.97. The summed E-state index contributed by atoms with van der Waals surface area (Å²) < 4.78 is 4.82. The zero-order valence-electron chi connectivity index (χ0n) is 9.37. The van der Waals surface area contributed by atoms with E-state index in [1.54, 1.807) is 0 Å². The molecule has 0 saturated carbocycles. The Balaban J connectivity index is 3.97. The van der Waals surface area contributed by atoms with E-state index in [9.17, 15) is 20.2 Å². The van der Waals surface area contributed by atoms with Crippen molar-refractivity contribution in [2.45, 2.75) is 0 Å². The quantitative estimate of drug-likeness (QED) is 0.221. The molecule has 0 aliphatic rings. The van der Waals surface area contributed by atoms with E-state index >= 15 is 0 Å². The maximum absolute atomic E-state index is 9.87. The van der Waals surface area contributed by atoms with Gasteiger partial charge in [-0.25, -0.2) is 0 Å². The lowest BCUT2D eigenvalue weighted by Gasteiger charge is -2.06. The van der Waals surface area contributed by atoms with Crippen molar-refractivity contribution in [3.05, 3.63) is 20.2 Å². The number of hydrogen-bond acceptors (Lipinski definition) is 11. The first-order chi connectivity index (χ1) is 8.99. The number of ether oxygens (including phenoxy) is 1. The first-order valence-electron chi connectivity index (χ1n) is 4.51. The third kappa shape index (κ3) is 9.04. The van der Waals surface area contributed by atoms with E-state index in [1.165, 1.54) is 0 Å². The van der Waals surface area contributed by atoms with Gasteiger partial charge in [0.05, 0.1) is 13.2 Å². The summed E-state index contributed by atoms with van der Waals surface area (Å²) in [6, 6.07) is 0. The molecule has 0 aromatic carbocycles. The van der Waals surface area contributed by atoms with Crippen LogP contribution < -0.4 is 0 Å². The minimum atomic E-state index is -1.09. The Labute approximate surface area is 104 Å². The lowest BCUT2D eigenvalue weighted by molar-refractivity contribution is -0.754. The first kappa shape index (κ1) is 16.3. The van der Waals surface area contributed by atoms with Crippen molar-refractivity contribution >= 4 is 11.4 Å². The summed E-state index contributed by atoms with van der Waals surface area (Å²) in [7, 11) is 0. The molecule has 0 saturated heterocycles. The molecule has 0 spiro atoms. The van der Waals surface area contributed by atoms with Gasteiger partial charge in [0.2, 0.25) is 0 Å². The molecular formula is C6H10N4O9. The monoisotopic (exact) mass is 282 g/mol. The topological polar surface area (TPSA) is 179 Å². The Morgan fingerprint density at radius 3 is 1.53 bits per heavy atom. The van der Waals surface area contributed by atoms with Crippen LogP contribution in [0.4, 0.5) is 0 Å². The average molecular weight is 282 g/mol. The Bertz CT molecular complexity index is 334. The lowest BCUT2D eigenvalue weighted by atomic mass is 10.4. The fraction of sp³-hybridized carbons (Fsp3) is 0.667. The van der Waals surface area contributed by atoms with Crippen LogP contribution in [-0.2, 0) is 14.4 Å². The molecule has 0 aromatic heterocycles. The molecule has 0 unspecified atom stereocenters. The van der Waals surface area contributed by atoms with Crippen molar-refractivity contribution in [1.29, 1.82) is 0 Å². The molecule has 0 aromatic rings. The molecular weight excluding hydrogens is 272 g/mol. The van der Waals surface area contributed by atoms with Gasteiger partial charge in [0, 0.05) is 0 Å². The normalized spacial score (nSPS) is 12.0. The Kier molecular flexibility index (Phi) is 8.01. The molecule has 2 N–H and O–H groups in total. The second-order valence-corrected chi connectivity index (χ2v) is 2.82. The van der Waals surface area contributed by atoms with Crippen molar-refractivity contribution in [1.82, 2.24) is 0 Å². The van der Waals surface area contributed by atoms with Crippen LogP contribution in [0.3, 0.4) is 0 Å². The van der Waals surface area contributed by atoms with Crippen LogP contribution in [-0.4, -0.2) is 58.4 Å². The van der Waals surface area contributed by atoms with Gasteiger partial charge in [0.25, 0.3) is 10.2 Å². The highest BCUT2D eigenvalue weighted by atomic mass is 17.0. The lowest BCUT2D eigenvalue weighted by Crippen LogP contribution is -2.23. The van der Waals surface area contributed by atoms with Gasteiger partial charge in [-0.2, -0.15) is 0 Å². The average Bonchev–Trinajstić information content (AvgIpc) is 2.36. The summed E-state index contributed by atoms with van der Waals surface area (Å²) in [6.07, 6.45) is 0. The molecule has 0 amide bonds. The van der Waals surface area contributed by atoms with Crippen LogP contribution in [0, 0.1) is 20.2 Å². The fourth-order valence-electron chi connectivity index (χ4n) is 0.740. The largest absolute Gasteiger partial charge is 0.411 e. The zero-order chi connectivity index (χ0) is 14.7. The van der Waals surface area contributed by atoms with Crippen LogP contribution in [0.5, 0.6) is 0 Å². The minimum Gasteiger partial charge on any atom is -0.411 e. The van der Waals surface area contributed by atoms with E-state index in [0.717, 1.165) is 0 Å². The van der Waals surface area contributed by atoms with Crippen molar-refractivity contribution in [2.24, 2.45) is 10.3 Å². The fourth-order valence-corrected chi connectivity index (χ4v) is 0.740. The number of oxime groups is 2. The van der Waals surface area contributed by atoms with Crippen LogP contribution >= 0.6 is 0 Å². The van der Waals surface area contributed by atoms with Crippen LogP contribution in [0.1, 0.15) is 0 Å². The minimum absolute atomic E-state index is 0.204. The molecule has 108 valence electrons. The molecule has 0 aliphatic heterocycles. The van der Waals surface area contributed by atoms with E-state index in [4.69, 9.17) is 15.2 Å². The summed E-state index contributed by atoms with van der Waals surface area (Å²) in [5, 5.41) is 39.8. The maximum atomic E-state index is 9.87. The maximum Gasteiger partial charge on any atom is 0.294 e. The van der Waals surface area contributed by atoms with Gasteiger partial charge in [0.15, 0.2) is 0 Å². The van der Waals surface area contributed by atoms with E-state index in [2.05, 4.69) is 20.0 Å². The van der Waals surface area contributed by atoms with Crippen LogP contribution in [0.25, 0.3) is 0 Å². The molecule has 0 fully saturated rings. The van der Waals surface area contributed by atoms with Gasteiger partial charge < -0.3 is 24.8 Å². The van der Waals surface area contributed by atoms with Gasteiger partial charge >= 0.3 is 0 Å². The van der Waals surface area contributed by atoms with Crippen LogP contribution in [0.15, 0.2) is 10.3 Å². The molecule has 13 nitrogen and oxygen atoms in total. The van der Waals surface area contributed by atoms with Gasteiger partial charge in [-0.3, -0.25) is 0 Å². The number of rotatable bonds is 10. The number of nitrogens with zero attached hydrogens (tertiary/aromatic N) is 4. The molecule has 19 heavy (non-hydrogen) atoms. The third-order valence-corrected chi connectivity index (χ3v) is 1.49. The van der Waals surface area contributed by atoms with Crippen molar-refractivity contribution in [3.63, 3.8) is 0 Å². The first-order valence-corrected chi connectivity index (χ1v) is 4.51. The van der Waals surface area contributed by atoms with Crippen molar-refractivity contribution < 1.29 is 35.0 Å². The summed E-state index contributed by atoms with van der Waals surface area (Å²) in [5.41, 5.74) is -0.409. The molecule has 0 rings (SSSR count). The van der Waals surface area contributed by atoms with E-state index in [1.807, 2.05) is 0 Å². The van der Waals surface area contributed by atoms with Gasteiger partial charge in [-0.05, 0) is 0 Å². The smallest absolute Gasteiger partial charge is 0.294 e. The summed E-state index contributed by atoms with van der Waals surface area (Å²) >= 11 is 0. The van der Waals surface area contributed by atoms with Crippen molar-refractivity contribution in [3.8, 4) is 0 Å². The molecule has 0 aliphatic carbocycles. The second kappa shape index (κ2) is 9.34. The third-order valence-electron chi connectivity index (χ3n) is 1.49. The standard InChI is InChI=1S/C6H10N4O9/c11-7-5(3-18-9(13)14)1-17-2-6(8-12)4-19-10(15)16/h11-12H,1-4H2. The van der Waals surface area contributed by atoms with Gasteiger partial charge in [-0.1, -0.05) is 10.3 Å². The molecule has 0 heterocycles. The van der Waals surface area contributed by atoms with Gasteiger partial charge in [0.1, 0.15) is 24.6 Å². The number of hydrogen-bond donors (Lipinski definition) is 2. The van der Waals surface area contributed by atoms with Crippen LogP contribution in [0.2, 0.25) is 0 Å². The predicted molar refractivity (Wildman–Crippen MR) is 55.2 cm³/mol. The Morgan fingerprint density at radius 1 is 0.895 bits per heavy atom. The molecule has 0 bridgehead atoms. The highest BCUT2D eigenvalue weighted by Crippen LogP contribution is 1.89. The van der Waals surface area contributed by atoms with E-state index in [0.29, 0.717) is 0 Å². The zero-order valence-corrected chi connectivity index (χ0v) is 9.37.